The molecule has 0 radical (unpaired) electrons. The molecule has 1 aromatic heterocycles. The van der Waals surface area contributed by atoms with E-state index in [1.54, 1.807) is 18.3 Å². The minimum Gasteiger partial charge on any atom is -0.478 e. The number of hydrogen-bond donors (Lipinski definition) is 2. The summed E-state index contributed by atoms with van der Waals surface area (Å²) in [5, 5.41) is 18.2. The molecule has 0 aliphatic heterocycles. The van der Waals surface area contributed by atoms with Crippen molar-refractivity contribution in [3.8, 4) is 11.8 Å². The van der Waals surface area contributed by atoms with Gasteiger partial charge in [-0.2, -0.15) is 5.26 Å². The van der Waals surface area contributed by atoms with Crippen molar-refractivity contribution in [3.63, 3.8) is 0 Å². The summed E-state index contributed by atoms with van der Waals surface area (Å²) < 4.78 is 1.81. The number of unbranched alkanes of at least 4 members (excludes halogenated alkanes) is 1. The first kappa shape index (κ1) is 14.7. The molecule has 21 heavy (non-hydrogen) atoms. The second kappa shape index (κ2) is 6.14. The Morgan fingerprint density at radius 2 is 2.19 bits per heavy atom. The van der Waals surface area contributed by atoms with Gasteiger partial charge in [0.15, 0.2) is 0 Å². The Bertz CT molecular complexity index is 711. The molecule has 0 fully saturated rings. The molecule has 3 N–H and O–H groups in total. The molecule has 0 spiro atoms. The van der Waals surface area contributed by atoms with E-state index in [1.165, 1.54) is 6.07 Å². The highest BCUT2D eigenvalue weighted by molar-refractivity contribution is 5.94. The summed E-state index contributed by atoms with van der Waals surface area (Å²) in [5.41, 5.74) is 8.44. The summed E-state index contributed by atoms with van der Waals surface area (Å²) in [4.78, 5) is 11.0. The smallest absolute Gasteiger partial charge is 0.337 e. The van der Waals surface area contributed by atoms with E-state index < -0.39 is 5.97 Å². The van der Waals surface area contributed by atoms with Crippen LogP contribution in [0.25, 0.3) is 5.69 Å². The fourth-order valence-corrected chi connectivity index (χ4v) is 2.22. The molecule has 0 amide bonds. The van der Waals surface area contributed by atoms with Crippen LogP contribution in [0.4, 0.5) is 5.69 Å². The lowest BCUT2D eigenvalue weighted by molar-refractivity contribution is 0.0698. The van der Waals surface area contributed by atoms with Gasteiger partial charge in [-0.05, 0) is 36.6 Å². The van der Waals surface area contributed by atoms with Crippen molar-refractivity contribution in [2.24, 2.45) is 0 Å². The van der Waals surface area contributed by atoms with Crippen molar-refractivity contribution in [1.29, 1.82) is 5.26 Å². The average molecular weight is 283 g/mol. The van der Waals surface area contributed by atoms with E-state index in [2.05, 4.69) is 13.0 Å². The predicted octanol–water partition coefficient (Wildman–Crippen LogP) is 2.97. The number of nitriles is 1. The van der Waals surface area contributed by atoms with Gasteiger partial charge >= 0.3 is 5.97 Å². The molecule has 0 saturated heterocycles. The highest BCUT2D eigenvalue weighted by Gasteiger charge is 2.11. The van der Waals surface area contributed by atoms with Crippen LogP contribution in [0, 0.1) is 11.3 Å². The zero-order valence-corrected chi connectivity index (χ0v) is 11.8. The number of carbonyl (C=O) groups is 1. The van der Waals surface area contributed by atoms with Crippen molar-refractivity contribution in [2.75, 3.05) is 5.73 Å². The van der Waals surface area contributed by atoms with E-state index in [-0.39, 0.29) is 11.3 Å². The molecule has 108 valence electrons. The molecule has 0 saturated carbocycles. The molecule has 0 aliphatic carbocycles. The molecule has 0 atom stereocenters. The molecule has 0 aliphatic rings. The van der Waals surface area contributed by atoms with Gasteiger partial charge in [0.2, 0.25) is 0 Å². The summed E-state index contributed by atoms with van der Waals surface area (Å²) in [6.45, 7) is 2.11. The largest absolute Gasteiger partial charge is 0.478 e. The number of carboxylic acid groups (broad SMARTS) is 1. The Hall–Kier alpha value is -2.74. The molecule has 5 heteroatoms. The summed E-state index contributed by atoms with van der Waals surface area (Å²) in [6.07, 6.45) is 6.60. The van der Waals surface area contributed by atoms with Crippen LogP contribution in [0.15, 0.2) is 30.6 Å². The van der Waals surface area contributed by atoms with E-state index in [1.807, 2.05) is 10.8 Å². The molecule has 5 nitrogen and oxygen atoms in total. The van der Waals surface area contributed by atoms with Crippen LogP contribution in [-0.2, 0) is 6.42 Å². The second-order valence-corrected chi connectivity index (χ2v) is 4.90. The lowest BCUT2D eigenvalue weighted by Gasteiger charge is -2.06. The number of anilines is 1. The first-order valence-corrected chi connectivity index (χ1v) is 6.81. The standard InChI is InChI=1S/C16H17N3O2/c1-2-3-4-11-9-19(10-12(11)8-17)13-5-6-14(16(20)21)15(18)7-13/h5-7,9-10H,2-4,18H2,1H3,(H,20,21). The molecular weight excluding hydrogens is 266 g/mol. The highest BCUT2D eigenvalue weighted by atomic mass is 16.4. The first-order chi connectivity index (χ1) is 10.1. The van der Waals surface area contributed by atoms with Crippen LogP contribution in [0.5, 0.6) is 0 Å². The van der Waals surface area contributed by atoms with Gasteiger partial charge in [-0.25, -0.2) is 4.79 Å². The Morgan fingerprint density at radius 1 is 1.43 bits per heavy atom. The topological polar surface area (TPSA) is 92.0 Å². The van der Waals surface area contributed by atoms with Crippen LogP contribution in [0.2, 0.25) is 0 Å². The van der Waals surface area contributed by atoms with Gasteiger partial charge in [0.05, 0.1) is 11.1 Å². The maximum atomic E-state index is 11.0. The predicted molar refractivity (Wildman–Crippen MR) is 80.5 cm³/mol. The zero-order chi connectivity index (χ0) is 15.4. The molecular formula is C16H17N3O2. The number of carboxylic acids is 1. The number of rotatable bonds is 5. The van der Waals surface area contributed by atoms with E-state index in [9.17, 15) is 10.1 Å². The molecule has 2 aromatic rings. The first-order valence-electron chi connectivity index (χ1n) is 6.81. The van der Waals surface area contributed by atoms with Crippen LogP contribution in [0.1, 0.15) is 41.3 Å². The van der Waals surface area contributed by atoms with Crippen LogP contribution in [0.3, 0.4) is 0 Å². The fraction of sp³-hybridized carbons (Fsp3) is 0.250. The normalized spacial score (nSPS) is 10.3. The molecule has 1 aromatic carbocycles. The Kier molecular flexibility index (Phi) is 4.29. The third-order valence-electron chi connectivity index (χ3n) is 3.39. The Labute approximate surface area is 123 Å². The van der Waals surface area contributed by atoms with Gasteiger partial charge < -0.3 is 15.4 Å². The maximum absolute atomic E-state index is 11.0. The van der Waals surface area contributed by atoms with Gasteiger partial charge in [0.1, 0.15) is 6.07 Å². The number of benzene rings is 1. The lowest BCUT2D eigenvalue weighted by atomic mass is 10.1. The summed E-state index contributed by atoms with van der Waals surface area (Å²) in [5.74, 6) is -1.05. The van der Waals surface area contributed by atoms with Gasteiger partial charge in [-0.15, -0.1) is 0 Å². The third-order valence-corrected chi connectivity index (χ3v) is 3.39. The summed E-state index contributed by atoms with van der Waals surface area (Å²) in [6, 6.07) is 6.96. The van der Waals surface area contributed by atoms with Crippen molar-refractivity contribution in [1.82, 2.24) is 4.57 Å². The summed E-state index contributed by atoms with van der Waals surface area (Å²) in [7, 11) is 0. The number of aryl methyl sites for hydroxylation is 1. The van der Waals surface area contributed by atoms with Gasteiger partial charge in [0.25, 0.3) is 0 Å². The molecule has 0 bridgehead atoms. The van der Waals surface area contributed by atoms with Crippen LogP contribution in [-0.4, -0.2) is 15.6 Å². The Morgan fingerprint density at radius 3 is 2.76 bits per heavy atom. The van der Waals surface area contributed by atoms with Gasteiger partial charge in [-0.3, -0.25) is 0 Å². The molecule has 1 heterocycles. The van der Waals surface area contributed by atoms with E-state index in [4.69, 9.17) is 10.8 Å². The van der Waals surface area contributed by atoms with E-state index >= 15 is 0 Å². The minimum absolute atomic E-state index is 0.0811. The minimum atomic E-state index is -1.05. The van der Waals surface area contributed by atoms with Gasteiger partial charge in [0, 0.05) is 23.8 Å². The van der Waals surface area contributed by atoms with E-state index in [0.29, 0.717) is 5.56 Å². The van der Waals surface area contributed by atoms with Crippen LogP contribution >= 0.6 is 0 Å². The van der Waals surface area contributed by atoms with E-state index in [0.717, 1.165) is 30.5 Å². The number of aromatic carboxylic acids is 1. The second-order valence-electron chi connectivity index (χ2n) is 4.90. The number of nitrogen functional groups attached to an aromatic ring is 1. The highest BCUT2D eigenvalue weighted by Crippen LogP contribution is 2.21. The number of nitrogens with zero attached hydrogens (tertiary/aromatic N) is 2. The van der Waals surface area contributed by atoms with Crippen LogP contribution < -0.4 is 5.73 Å². The maximum Gasteiger partial charge on any atom is 0.337 e. The molecule has 0 unspecified atom stereocenters. The average Bonchev–Trinajstić information content (AvgIpc) is 2.87. The third kappa shape index (κ3) is 3.06. The Balaban J connectivity index is 2.38. The van der Waals surface area contributed by atoms with Crippen molar-refractivity contribution < 1.29 is 9.90 Å². The van der Waals surface area contributed by atoms with Gasteiger partial charge in [-0.1, -0.05) is 13.3 Å². The summed E-state index contributed by atoms with van der Waals surface area (Å²) >= 11 is 0. The SMILES string of the molecule is CCCCc1cn(-c2ccc(C(=O)O)c(N)c2)cc1C#N. The fourth-order valence-electron chi connectivity index (χ4n) is 2.22. The monoisotopic (exact) mass is 283 g/mol. The van der Waals surface area contributed by atoms with Crippen molar-refractivity contribution in [2.45, 2.75) is 26.2 Å². The number of nitrogens with two attached hydrogens (primary N) is 1. The number of aromatic nitrogens is 1. The quantitative estimate of drug-likeness (QED) is 0.825. The van der Waals surface area contributed by atoms with Crippen molar-refractivity contribution >= 4 is 11.7 Å². The lowest BCUT2D eigenvalue weighted by Crippen LogP contribution is -2.03. The van der Waals surface area contributed by atoms with Crippen molar-refractivity contribution in [3.05, 3.63) is 47.3 Å². The zero-order valence-electron chi connectivity index (χ0n) is 11.8. The number of hydrogen-bond acceptors (Lipinski definition) is 3. The molecule has 2 rings (SSSR count).